The molecule has 1 nitrogen and oxygen atoms in total. The van der Waals surface area contributed by atoms with E-state index in [9.17, 15) is 4.39 Å². The van der Waals surface area contributed by atoms with Gasteiger partial charge < -0.3 is 5.73 Å². The summed E-state index contributed by atoms with van der Waals surface area (Å²) >= 11 is 0. The van der Waals surface area contributed by atoms with Crippen LogP contribution in [0.3, 0.4) is 0 Å². The van der Waals surface area contributed by atoms with Crippen molar-refractivity contribution in [2.75, 3.05) is 6.54 Å². The topological polar surface area (TPSA) is 26.0 Å². The standard InChI is InChI=1S/C10H20FN/c1-10(9(11)5-8-12)6-3-2-4-7-10/h9H,2-8,12H2,1H3. The summed E-state index contributed by atoms with van der Waals surface area (Å²) in [5, 5.41) is 0. The Balaban J connectivity index is 2.44. The van der Waals surface area contributed by atoms with Crippen molar-refractivity contribution in [1.29, 1.82) is 0 Å². The molecule has 0 aromatic heterocycles. The van der Waals surface area contributed by atoms with Gasteiger partial charge in [-0.15, -0.1) is 0 Å². The van der Waals surface area contributed by atoms with E-state index in [2.05, 4.69) is 6.92 Å². The lowest BCUT2D eigenvalue weighted by atomic mass is 9.71. The summed E-state index contributed by atoms with van der Waals surface area (Å²) in [5.74, 6) is 0. The molecule has 0 saturated heterocycles. The van der Waals surface area contributed by atoms with E-state index in [1.165, 1.54) is 19.3 Å². The lowest BCUT2D eigenvalue weighted by molar-refractivity contribution is 0.0741. The van der Waals surface area contributed by atoms with Crippen LogP contribution in [0.15, 0.2) is 0 Å². The molecule has 0 spiro atoms. The van der Waals surface area contributed by atoms with Crippen LogP contribution in [0.5, 0.6) is 0 Å². The second kappa shape index (κ2) is 4.22. The van der Waals surface area contributed by atoms with Crippen LogP contribution < -0.4 is 5.73 Å². The van der Waals surface area contributed by atoms with Gasteiger partial charge in [-0.25, -0.2) is 4.39 Å². The Bertz CT molecular complexity index is 130. The minimum absolute atomic E-state index is 0.0579. The maximum atomic E-state index is 13.6. The highest BCUT2D eigenvalue weighted by Crippen LogP contribution is 2.41. The Morgan fingerprint density at radius 3 is 2.42 bits per heavy atom. The monoisotopic (exact) mass is 173 g/mol. The van der Waals surface area contributed by atoms with Crippen LogP contribution in [-0.4, -0.2) is 12.7 Å². The number of hydrogen-bond acceptors (Lipinski definition) is 1. The largest absolute Gasteiger partial charge is 0.330 e. The zero-order valence-electron chi connectivity index (χ0n) is 7.98. The molecule has 1 rings (SSSR count). The highest BCUT2D eigenvalue weighted by molar-refractivity contribution is 4.85. The maximum absolute atomic E-state index is 13.6. The molecule has 0 aliphatic heterocycles. The molecule has 0 aromatic carbocycles. The average molecular weight is 173 g/mol. The third-order valence-corrected chi connectivity index (χ3v) is 3.17. The molecule has 12 heavy (non-hydrogen) atoms. The van der Waals surface area contributed by atoms with Crippen molar-refractivity contribution in [1.82, 2.24) is 0 Å². The predicted octanol–water partition coefficient (Wildman–Crippen LogP) is 2.64. The first-order valence-corrected chi connectivity index (χ1v) is 5.03. The first kappa shape index (κ1) is 9.97. The van der Waals surface area contributed by atoms with Gasteiger partial charge in [-0.2, -0.15) is 0 Å². The smallest absolute Gasteiger partial charge is 0.107 e. The van der Waals surface area contributed by atoms with Crippen molar-refractivity contribution >= 4 is 0 Å². The molecular weight excluding hydrogens is 153 g/mol. The fraction of sp³-hybridized carbons (Fsp3) is 1.00. The predicted molar refractivity (Wildman–Crippen MR) is 49.8 cm³/mol. The SMILES string of the molecule is CC1(C(F)CCN)CCCCC1. The Kier molecular flexibility index (Phi) is 3.51. The van der Waals surface area contributed by atoms with Crippen molar-refractivity contribution in [3.63, 3.8) is 0 Å². The summed E-state index contributed by atoms with van der Waals surface area (Å²) < 4.78 is 13.6. The highest BCUT2D eigenvalue weighted by Gasteiger charge is 2.34. The summed E-state index contributed by atoms with van der Waals surface area (Å²) in [6.07, 6.45) is 5.63. The van der Waals surface area contributed by atoms with Crippen LogP contribution in [0.2, 0.25) is 0 Å². The van der Waals surface area contributed by atoms with Gasteiger partial charge in [-0.3, -0.25) is 0 Å². The Hall–Kier alpha value is -0.110. The third-order valence-electron chi connectivity index (χ3n) is 3.17. The maximum Gasteiger partial charge on any atom is 0.107 e. The van der Waals surface area contributed by atoms with Crippen molar-refractivity contribution in [3.05, 3.63) is 0 Å². The van der Waals surface area contributed by atoms with E-state index in [0.29, 0.717) is 13.0 Å². The van der Waals surface area contributed by atoms with E-state index in [0.717, 1.165) is 12.8 Å². The van der Waals surface area contributed by atoms with Gasteiger partial charge in [0.25, 0.3) is 0 Å². The third kappa shape index (κ3) is 2.19. The van der Waals surface area contributed by atoms with Gasteiger partial charge in [0.15, 0.2) is 0 Å². The second-order valence-electron chi connectivity index (χ2n) is 4.26. The molecule has 1 fully saturated rings. The number of alkyl halides is 1. The molecule has 1 aliphatic carbocycles. The van der Waals surface area contributed by atoms with E-state index >= 15 is 0 Å². The zero-order valence-corrected chi connectivity index (χ0v) is 7.98. The average Bonchev–Trinajstić information content (AvgIpc) is 2.06. The Morgan fingerprint density at radius 2 is 1.92 bits per heavy atom. The lowest BCUT2D eigenvalue weighted by Crippen LogP contribution is -2.32. The van der Waals surface area contributed by atoms with Crippen LogP contribution in [0.4, 0.5) is 4.39 Å². The van der Waals surface area contributed by atoms with Crippen molar-refractivity contribution in [2.45, 2.75) is 51.6 Å². The molecule has 0 radical (unpaired) electrons. The van der Waals surface area contributed by atoms with E-state index in [4.69, 9.17) is 5.73 Å². The fourth-order valence-corrected chi connectivity index (χ4v) is 2.17. The van der Waals surface area contributed by atoms with Crippen LogP contribution >= 0.6 is 0 Å². The molecule has 1 unspecified atom stereocenters. The molecule has 1 saturated carbocycles. The van der Waals surface area contributed by atoms with E-state index in [1.54, 1.807) is 0 Å². The number of halogens is 1. The summed E-state index contributed by atoms with van der Waals surface area (Å²) in [6, 6.07) is 0. The van der Waals surface area contributed by atoms with Crippen LogP contribution in [0.25, 0.3) is 0 Å². The fourth-order valence-electron chi connectivity index (χ4n) is 2.17. The molecular formula is C10H20FN. The normalized spacial score (nSPS) is 25.2. The first-order chi connectivity index (χ1) is 5.69. The van der Waals surface area contributed by atoms with Crippen LogP contribution in [-0.2, 0) is 0 Å². The lowest BCUT2D eigenvalue weighted by Gasteiger charge is -2.36. The van der Waals surface area contributed by atoms with E-state index < -0.39 is 6.17 Å². The van der Waals surface area contributed by atoms with Gasteiger partial charge >= 0.3 is 0 Å². The number of nitrogens with two attached hydrogens (primary N) is 1. The Morgan fingerprint density at radius 1 is 1.33 bits per heavy atom. The molecule has 1 atom stereocenters. The quantitative estimate of drug-likeness (QED) is 0.697. The van der Waals surface area contributed by atoms with Gasteiger partial charge in [0.1, 0.15) is 6.17 Å². The molecule has 0 heterocycles. The van der Waals surface area contributed by atoms with Crippen molar-refractivity contribution in [3.8, 4) is 0 Å². The summed E-state index contributed by atoms with van der Waals surface area (Å²) in [6.45, 7) is 2.56. The highest BCUT2D eigenvalue weighted by atomic mass is 19.1. The molecule has 0 amide bonds. The molecule has 0 aromatic rings. The molecule has 2 heteroatoms. The van der Waals surface area contributed by atoms with Crippen LogP contribution in [0.1, 0.15) is 45.4 Å². The number of rotatable bonds is 3. The molecule has 2 N–H and O–H groups in total. The van der Waals surface area contributed by atoms with E-state index in [-0.39, 0.29) is 5.41 Å². The van der Waals surface area contributed by atoms with Gasteiger partial charge in [-0.05, 0) is 31.2 Å². The van der Waals surface area contributed by atoms with Gasteiger partial charge in [-0.1, -0.05) is 26.2 Å². The van der Waals surface area contributed by atoms with Gasteiger partial charge in [0.2, 0.25) is 0 Å². The number of hydrogen-bond donors (Lipinski definition) is 1. The summed E-state index contributed by atoms with van der Waals surface area (Å²) in [4.78, 5) is 0. The Labute approximate surface area is 74.5 Å². The van der Waals surface area contributed by atoms with Crippen LogP contribution in [0, 0.1) is 5.41 Å². The first-order valence-electron chi connectivity index (χ1n) is 5.03. The van der Waals surface area contributed by atoms with Gasteiger partial charge in [0.05, 0.1) is 0 Å². The van der Waals surface area contributed by atoms with Crippen molar-refractivity contribution in [2.24, 2.45) is 11.1 Å². The van der Waals surface area contributed by atoms with Crippen molar-refractivity contribution < 1.29 is 4.39 Å². The molecule has 1 aliphatic rings. The molecule has 72 valence electrons. The summed E-state index contributed by atoms with van der Waals surface area (Å²) in [5.41, 5.74) is 5.30. The second-order valence-corrected chi connectivity index (χ2v) is 4.26. The zero-order chi connectivity index (χ0) is 9.03. The summed E-state index contributed by atoms with van der Waals surface area (Å²) in [7, 11) is 0. The minimum atomic E-state index is -0.678. The van der Waals surface area contributed by atoms with E-state index in [1.807, 2.05) is 0 Å². The molecule has 0 bridgehead atoms. The minimum Gasteiger partial charge on any atom is -0.330 e. The van der Waals surface area contributed by atoms with Gasteiger partial charge in [0, 0.05) is 0 Å².